The minimum absolute atomic E-state index is 0.270. The van der Waals surface area contributed by atoms with Crippen molar-refractivity contribution in [3.05, 3.63) is 47.5 Å². The van der Waals surface area contributed by atoms with Crippen molar-refractivity contribution in [1.82, 2.24) is 0 Å². The largest absolute Gasteiger partial charge is 0.508 e. The molecule has 94 valence electrons. The third-order valence-corrected chi connectivity index (χ3v) is 3.24. The predicted molar refractivity (Wildman–Crippen MR) is 74.0 cm³/mol. The summed E-state index contributed by atoms with van der Waals surface area (Å²) in [4.78, 5) is 0. The van der Waals surface area contributed by atoms with E-state index in [2.05, 4.69) is 6.92 Å². The summed E-state index contributed by atoms with van der Waals surface area (Å²) < 4.78 is 0. The van der Waals surface area contributed by atoms with Crippen LogP contribution in [0.15, 0.2) is 36.4 Å². The molecule has 0 aliphatic carbocycles. The second-order valence-corrected chi connectivity index (χ2v) is 4.39. The fraction of sp³-hybridized carbons (Fsp3) is 0.250. The SMILES string of the molecule is CCc1cc(-c2ccc(O)cc2)c(CC)cc1O. The normalized spacial score (nSPS) is 10.6. The van der Waals surface area contributed by atoms with Gasteiger partial charge in [-0.15, -0.1) is 0 Å². The summed E-state index contributed by atoms with van der Waals surface area (Å²) in [5.74, 6) is 0.642. The molecular weight excluding hydrogens is 224 g/mol. The maximum Gasteiger partial charge on any atom is 0.119 e. The fourth-order valence-corrected chi connectivity index (χ4v) is 2.16. The molecule has 2 aromatic rings. The van der Waals surface area contributed by atoms with E-state index in [0.717, 1.165) is 35.1 Å². The fourth-order valence-electron chi connectivity index (χ4n) is 2.16. The molecule has 2 rings (SSSR count). The van der Waals surface area contributed by atoms with E-state index in [1.807, 2.05) is 31.2 Å². The Morgan fingerprint density at radius 3 is 2.00 bits per heavy atom. The van der Waals surface area contributed by atoms with Gasteiger partial charge < -0.3 is 10.2 Å². The zero-order valence-corrected chi connectivity index (χ0v) is 10.8. The highest BCUT2D eigenvalue weighted by Crippen LogP contribution is 2.31. The van der Waals surface area contributed by atoms with Crippen molar-refractivity contribution < 1.29 is 10.2 Å². The first-order chi connectivity index (χ1) is 8.65. The molecule has 0 amide bonds. The zero-order chi connectivity index (χ0) is 13.1. The van der Waals surface area contributed by atoms with E-state index >= 15 is 0 Å². The molecule has 2 nitrogen and oxygen atoms in total. The van der Waals surface area contributed by atoms with Gasteiger partial charge >= 0.3 is 0 Å². The first-order valence-corrected chi connectivity index (χ1v) is 6.29. The Hall–Kier alpha value is -1.96. The van der Waals surface area contributed by atoms with Gasteiger partial charge in [0.1, 0.15) is 11.5 Å². The molecule has 2 heteroatoms. The number of phenolic OH excluding ortho intramolecular Hbond substituents is 2. The predicted octanol–water partition coefficient (Wildman–Crippen LogP) is 3.89. The number of rotatable bonds is 3. The van der Waals surface area contributed by atoms with E-state index < -0.39 is 0 Å². The second kappa shape index (κ2) is 5.13. The van der Waals surface area contributed by atoms with Crippen molar-refractivity contribution in [1.29, 1.82) is 0 Å². The lowest BCUT2D eigenvalue weighted by Gasteiger charge is -2.12. The number of phenols is 2. The summed E-state index contributed by atoms with van der Waals surface area (Å²) >= 11 is 0. The quantitative estimate of drug-likeness (QED) is 0.857. The molecule has 0 spiro atoms. The van der Waals surface area contributed by atoms with E-state index in [9.17, 15) is 10.2 Å². The maximum atomic E-state index is 9.90. The molecule has 0 atom stereocenters. The smallest absolute Gasteiger partial charge is 0.119 e. The molecule has 0 aromatic heterocycles. The Bertz CT molecular complexity index is 542. The van der Waals surface area contributed by atoms with Gasteiger partial charge in [-0.1, -0.05) is 26.0 Å². The highest BCUT2D eigenvalue weighted by Gasteiger charge is 2.09. The van der Waals surface area contributed by atoms with E-state index in [0.29, 0.717) is 5.75 Å². The van der Waals surface area contributed by atoms with Crippen LogP contribution < -0.4 is 0 Å². The molecule has 0 heterocycles. The lowest BCUT2D eigenvalue weighted by atomic mass is 9.94. The molecular formula is C16H18O2. The minimum Gasteiger partial charge on any atom is -0.508 e. The first kappa shape index (κ1) is 12.5. The minimum atomic E-state index is 0.270. The lowest BCUT2D eigenvalue weighted by Crippen LogP contribution is -1.92. The van der Waals surface area contributed by atoms with Gasteiger partial charge in [-0.05, 0) is 59.4 Å². The number of hydrogen-bond acceptors (Lipinski definition) is 2. The first-order valence-electron chi connectivity index (χ1n) is 6.29. The van der Waals surface area contributed by atoms with Crippen molar-refractivity contribution in [2.24, 2.45) is 0 Å². The molecule has 18 heavy (non-hydrogen) atoms. The summed E-state index contributed by atoms with van der Waals surface area (Å²) in [7, 11) is 0. The Morgan fingerprint density at radius 1 is 0.833 bits per heavy atom. The number of aromatic hydroxyl groups is 2. The summed E-state index contributed by atoms with van der Waals surface area (Å²) in [5, 5.41) is 19.2. The molecule has 0 unspecified atom stereocenters. The topological polar surface area (TPSA) is 40.5 Å². The van der Waals surface area contributed by atoms with Crippen molar-refractivity contribution in [2.75, 3.05) is 0 Å². The van der Waals surface area contributed by atoms with Crippen LogP contribution in [0.3, 0.4) is 0 Å². The third kappa shape index (κ3) is 2.33. The van der Waals surface area contributed by atoms with Gasteiger partial charge in [0.05, 0.1) is 0 Å². The molecule has 0 saturated heterocycles. The standard InChI is InChI=1S/C16H18O2/c1-3-11-10-16(18)12(4-2)9-15(11)13-5-7-14(17)8-6-13/h5-10,17-18H,3-4H2,1-2H3. The number of hydrogen-bond donors (Lipinski definition) is 2. The Balaban J connectivity index is 2.57. The van der Waals surface area contributed by atoms with Gasteiger partial charge in [0, 0.05) is 0 Å². The third-order valence-electron chi connectivity index (χ3n) is 3.24. The Labute approximate surface area is 108 Å². The molecule has 0 aliphatic rings. The van der Waals surface area contributed by atoms with Crippen LogP contribution in [-0.2, 0) is 12.8 Å². The van der Waals surface area contributed by atoms with E-state index in [1.54, 1.807) is 12.1 Å². The number of aryl methyl sites for hydroxylation is 2. The molecule has 2 N–H and O–H groups in total. The van der Waals surface area contributed by atoms with Crippen LogP contribution in [0.2, 0.25) is 0 Å². The van der Waals surface area contributed by atoms with Crippen LogP contribution in [0.4, 0.5) is 0 Å². The molecule has 0 saturated carbocycles. The van der Waals surface area contributed by atoms with E-state index in [-0.39, 0.29) is 5.75 Å². The maximum absolute atomic E-state index is 9.90. The van der Waals surface area contributed by atoms with Crippen molar-refractivity contribution >= 4 is 0 Å². The molecule has 0 fully saturated rings. The highest BCUT2D eigenvalue weighted by atomic mass is 16.3. The van der Waals surface area contributed by atoms with Gasteiger partial charge in [0.2, 0.25) is 0 Å². The molecule has 2 aromatic carbocycles. The van der Waals surface area contributed by atoms with E-state index in [1.165, 1.54) is 0 Å². The Morgan fingerprint density at radius 2 is 1.44 bits per heavy atom. The molecule has 0 radical (unpaired) electrons. The van der Waals surface area contributed by atoms with Crippen LogP contribution >= 0.6 is 0 Å². The van der Waals surface area contributed by atoms with Gasteiger partial charge in [0.15, 0.2) is 0 Å². The van der Waals surface area contributed by atoms with Crippen LogP contribution in [0.1, 0.15) is 25.0 Å². The van der Waals surface area contributed by atoms with Crippen LogP contribution in [-0.4, -0.2) is 10.2 Å². The van der Waals surface area contributed by atoms with Crippen molar-refractivity contribution in [2.45, 2.75) is 26.7 Å². The average molecular weight is 242 g/mol. The second-order valence-electron chi connectivity index (χ2n) is 4.39. The summed E-state index contributed by atoms with van der Waals surface area (Å²) in [6.45, 7) is 4.10. The molecule has 0 aliphatic heterocycles. The summed E-state index contributed by atoms with van der Waals surface area (Å²) in [6.07, 6.45) is 1.68. The van der Waals surface area contributed by atoms with Crippen LogP contribution in [0.25, 0.3) is 11.1 Å². The van der Waals surface area contributed by atoms with Crippen molar-refractivity contribution in [3.63, 3.8) is 0 Å². The zero-order valence-electron chi connectivity index (χ0n) is 10.8. The van der Waals surface area contributed by atoms with Gasteiger partial charge in [-0.2, -0.15) is 0 Å². The molecule has 0 bridgehead atoms. The average Bonchev–Trinajstić information content (AvgIpc) is 2.39. The van der Waals surface area contributed by atoms with Gasteiger partial charge in [-0.25, -0.2) is 0 Å². The Kier molecular flexibility index (Phi) is 3.56. The van der Waals surface area contributed by atoms with Gasteiger partial charge in [0.25, 0.3) is 0 Å². The van der Waals surface area contributed by atoms with Gasteiger partial charge in [-0.3, -0.25) is 0 Å². The van der Waals surface area contributed by atoms with Crippen LogP contribution in [0, 0.1) is 0 Å². The van der Waals surface area contributed by atoms with Crippen molar-refractivity contribution in [3.8, 4) is 22.6 Å². The summed E-state index contributed by atoms with van der Waals surface area (Å²) in [6, 6.07) is 11.1. The number of benzene rings is 2. The lowest BCUT2D eigenvalue weighted by molar-refractivity contribution is 0.468. The van der Waals surface area contributed by atoms with E-state index in [4.69, 9.17) is 0 Å². The summed E-state index contributed by atoms with van der Waals surface area (Å²) in [5.41, 5.74) is 4.28. The monoisotopic (exact) mass is 242 g/mol. The highest BCUT2D eigenvalue weighted by molar-refractivity contribution is 5.70. The van der Waals surface area contributed by atoms with Crippen LogP contribution in [0.5, 0.6) is 11.5 Å².